The van der Waals surface area contributed by atoms with Crippen molar-refractivity contribution in [2.24, 2.45) is 0 Å². The van der Waals surface area contributed by atoms with Gasteiger partial charge in [0.25, 0.3) is 0 Å². The Morgan fingerprint density at radius 3 is 2.40 bits per heavy atom. The number of thiophene rings is 1. The molecule has 1 nitrogen and oxygen atoms in total. The average Bonchev–Trinajstić information content (AvgIpc) is 2.92. The summed E-state index contributed by atoms with van der Waals surface area (Å²) >= 11 is 1.88. The number of hydrogen-bond donors (Lipinski definition) is 0. The van der Waals surface area contributed by atoms with Crippen LogP contribution in [0.5, 0.6) is 0 Å². The van der Waals surface area contributed by atoms with Gasteiger partial charge >= 0.3 is 0 Å². The van der Waals surface area contributed by atoms with Crippen molar-refractivity contribution in [3.05, 3.63) is 65.4 Å². The second-order valence-electron chi connectivity index (χ2n) is 7.90. The van der Waals surface area contributed by atoms with Gasteiger partial charge in [0, 0.05) is 31.9 Å². The molecule has 0 N–H and O–H groups in total. The van der Waals surface area contributed by atoms with Crippen molar-refractivity contribution in [1.82, 2.24) is 4.98 Å². The van der Waals surface area contributed by atoms with Gasteiger partial charge < -0.3 is 0 Å². The third kappa shape index (κ3) is 2.75. The first-order valence-corrected chi connectivity index (χ1v) is 9.55. The zero-order valence-electron chi connectivity index (χ0n) is 15.5. The van der Waals surface area contributed by atoms with Gasteiger partial charge in [0.1, 0.15) is 0 Å². The largest absolute Gasteiger partial charge is 0.256 e. The van der Waals surface area contributed by atoms with E-state index in [1.807, 2.05) is 17.5 Å². The average molecular weight is 346 g/mol. The molecule has 0 saturated carbocycles. The van der Waals surface area contributed by atoms with Crippen molar-refractivity contribution < 1.29 is 0 Å². The summed E-state index contributed by atoms with van der Waals surface area (Å²) in [5, 5.41) is 2.69. The Morgan fingerprint density at radius 1 is 0.880 bits per heavy atom. The van der Waals surface area contributed by atoms with Gasteiger partial charge in [0.15, 0.2) is 0 Å². The summed E-state index contributed by atoms with van der Waals surface area (Å²) in [4.78, 5) is 4.69. The van der Waals surface area contributed by atoms with Crippen molar-refractivity contribution in [3.8, 4) is 11.3 Å². The van der Waals surface area contributed by atoms with E-state index in [0.29, 0.717) is 0 Å². The van der Waals surface area contributed by atoms with Crippen LogP contribution in [0.15, 0.2) is 48.7 Å². The number of nitrogens with zero attached hydrogens (tertiary/aromatic N) is 1. The van der Waals surface area contributed by atoms with Crippen LogP contribution in [-0.2, 0) is 5.41 Å². The molecular formula is C23H23NS. The van der Waals surface area contributed by atoms with Crippen LogP contribution < -0.4 is 0 Å². The minimum atomic E-state index is 0.125. The first-order valence-electron chi connectivity index (χ1n) is 8.74. The molecular weight excluding hydrogens is 322 g/mol. The molecule has 0 saturated heterocycles. The summed E-state index contributed by atoms with van der Waals surface area (Å²) in [5.41, 5.74) is 6.46. The Labute approximate surface area is 153 Å². The van der Waals surface area contributed by atoms with E-state index in [1.165, 1.54) is 42.4 Å². The first kappa shape index (κ1) is 16.3. The van der Waals surface area contributed by atoms with Gasteiger partial charge in [0.05, 0.1) is 5.69 Å². The Morgan fingerprint density at radius 2 is 1.64 bits per heavy atom. The molecule has 0 spiro atoms. The van der Waals surface area contributed by atoms with Gasteiger partial charge in [-0.25, -0.2) is 0 Å². The number of aromatic nitrogens is 1. The number of hydrogen-bond acceptors (Lipinski definition) is 2. The third-order valence-corrected chi connectivity index (χ3v) is 6.22. The van der Waals surface area contributed by atoms with Gasteiger partial charge in [0.2, 0.25) is 0 Å². The van der Waals surface area contributed by atoms with Gasteiger partial charge in [-0.3, -0.25) is 4.98 Å². The molecule has 0 aliphatic carbocycles. The summed E-state index contributed by atoms with van der Waals surface area (Å²) < 4.78 is 2.69. The van der Waals surface area contributed by atoms with E-state index < -0.39 is 0 Å². The van der Waals surface area contributed by atoms with Crippen LogP contribution >= 0.6 is 11.3 Å². The van der Waals surface area contributed by atoms with Gasteiger partial charge in [-0.05, 0) is 60.2 Å². The lowest BCUT2D eigenvalue weighted by Crippen LogP contribution is -2.11. The summed E-state index contributed by atoms with van der Waals surface area (Å²) in [6.45, 7) is 11.1. The lowest BCUT2D eigenvalue weighted by molar-refractivity contribution is 0.589. The topological polar surface area (TPSA) is 12.9 Å². The Hall–Kier alpha value is -2.19. The molecule has 2 aromatic carbocycles. The zero-order valence-corrected chi connectivity index (χ0v) is 16.3. The minimum Gasteiger partial charge on any atom is -0.256 e. The molecule has 0 aliphatic rings. The molecule has 126 valence electrons. The summed E-state index contributed by atoms with van der Waals surface area (Å²) in [6.07, 6.45) is 1.94. The molecule has 0 aliphatic heterocycles. The van der Waals surface area contributed by atoms with Gasteiger partial charge in [-0.15, -0.1) is 11.3 Å². The fourth-order valence-corrected chi connectivity index (χ4v) is 4.60. The maximum Gasteiger partial charge on any atom is 0.0719 e. The Bertz CT molecular complexity index is 1100. The predicted octanol–water partition coefficient (Wildman–Crippen LogP) is 7.03. The molecule has 4 aromatic rings. The molecule has 2 aromatic heterocycles. The Kier molecular flexibility index (Phi) is 3.69. The number of aryl methyl sites for hydroxylation is 2. The van der Waals surface area contributed by atoms with E-state index in [1.54, 1.807) is 0 Å². The fraction of sp³-hybridized carbons (Fsp3) is 0.261. The number of rotatable bonds is 1. The van der Waals surface area contributed by atoms with Crippen LogP contribution in [0.3, 0.4) is 0 Å². The second kappa shape index (κ2) is 5.67. The lowest BCUT2D eigenvalue weighted by Gasteiger charge is -2.19. The molecule has 4 rings (SSSR count). The highest BCUT2D eigenvalue weighted by Gasteiger charge is 2.16. The van der Waals surface area contributed by atoms with Crippen molar-refractivity contribution in [3.63, 3.8) is 0 Å². The molecule has 0 atom stereocenters. The van der Waals surface area contributed by atoms with E-state index in [2.05, 4.69) is 82.1 Å². The summed E-state index contributed by atoms with van der Waals surface area (Å²) in [7, 11) is 0. The van der Waals surface area contributed by atoms with Crippen LogP contribution in [0.25, 0.3) is 31.4 Å². The monoisotopic (exact) mass is 345 g/mol. The molecule has 0 fully saturated rings. The standard InChI is InChI=1S/C23H23NS/c1-14-11-19-17-7-6-8-18(22(17)25-21(19)12-15(14)2)20-13-16(9-10-24-20)23(3,4)5/h6-13H,1-5H3. The quantitative estimate of drug-likeness (QED) is 0.361. The van der Waals surface area contributed by atoms with Crippen LogP contribution in [0, 0.1) is 13.8 Å². The maximum absolute atomic E-state index is 4.69. The van der Waals surface area contributed by atoms with Crippen LogP contribution in [0.2, 0.25) is 0 Å². The highest BCUT2D eigenvalue weighted by Crippen LogP contribution is 2.40. The molecule has 0 radical (unpaired) electrons. The van der Waals surface area contributed by atoms with E-state index in [0.717, 1.165) is 5.69 Å². The van der Waals surface area contributed by atoms with E-state index in [-0.39, 0.29) is 5.41 Å². The third-order valence-electron chi connectivity index (χ3n) is 5.02. The molecule has 0 amide bonds. The van der Waals surface area contributed by atoms with E-state index in [4.69, 9.17) is 0 Å². The van der Waals surface area contributed by atoms with Crippen molar-refractivity contribution >= 4 is 31.5 Å². The Balaban J connectivity index is 2.00. The van der Waals surface area contributed by atoms with Crippen LogP contribution in [-0.4, -0.2) is 4.98 Å². The second-order valence-corrected chi connectivity index (χ2v) is 8.95. The van der Waals surface area contributed by atoms with Crippen molar-refractivity contribution in [2.45, 2.75) is 40.0 Å². The maximum atomic E-state index is 4.69. The highest BCUT2D eigenvalue weighted by molar-refractivity contribution is 7.26. The van der Waals surface area contributed by atoms with Gasteiger partial charge in [-0.2, -0.15) is 0 Å². The van der Waals surface area contributed by atoms with Crippen LogP contribution in [0.1, 0.15) is 37.5 Å². The fourth-order valence-electron chi connectivity index (χ4n) is 3.30. The minimum absolute atomic E-state index is 0.125. The molecule has 2 heterocycles. The summed E-state index contributed by atoms with van der Waals surface area (Å²) in [6, 6.07) is 15.6. The van der Waals surface area contributed by atoms with Gasteiger partial charge in [-0.1, -0.05) is 39.0 Å². The van der Waals surface area contributed by atoms with E-state index >= 15 is 0 Å². The zero-order chi connectivity index (χ0) is 17.8. The highest BCUT2D eigenvalue weighted by atomic mass is 32.1. The number of fused-ring (bicyclic) bond motifs is 3. The molecule has 2 heteroatoms. The molecule has 25 heavy (non-hydrogen) atoms. The predicted molar refractivity (Wildman–Crippen MR) is 111 cm³/mol. The smallest absolute Gasteiger partial charge is 0.0719 e. The molecule has 0 bridgehead atoms. The first-order chi connectivity index (χ1) is 11.8. The molecule has 0 unspecified atom stereocenters. The summed E-state index contributed by atoms with van der Waals surface area (Å²) in [5.74, 6) is 0. The van der Waals surface area contributed by atoms with Crippen molar-refractivity contribution in [2.75, 3.05) is 0 Å². The lowest BCUT2D eigenvalue weighted by atomic mass is 9.87. The SMILES string of the molecule is Cc1cc2sc3c(-c4cc(C(C)(C)C)ccn4)cccc3c2cc1C. The van der Waals surface area contributed by atoms with Crippen LogP contribution in [0.4, 0.5) is 0 Å². The normalized spacial score (nSPS) is 12.2. The number of benzene rings is 2. The van der Waals surface area contributed by atoms with E-state index in [9.17, 15) is 0 Å². The number of pyridine rings is 1. The van der Waals surface area contributed by atoms with Crippen molar-refractivity contribution in [1.29, 1.82) is 0 Å².